The lowest BCUT2D eigenvalue weighted by atomic mass is 10.0. The lowest BCUT2D eigenvalue weighted by molar-refractivity contribution is -0.140. The Bertz CT molecular complexity index is 1700. The van der Waals surface area contributed by atoms with E-state index in [2.05, 4.69) is 5.32 Å². The Kier molecular flexibility index (Phi) is 11.5. The molecule has 0 fully saturated rings. The van der Waals surface area contributed by atoms with Gasteiger partial charge in [-0.15, -0.1) is 0 Å². The largest absolute Gasteiger partial charge is 0.497 e. The van der Waals surface area contributed by atoms with Crippen molar-refractivity contribution in [3.8, 4) is 5.75 Å². The number of nitrogens with one attached hydrogen (secondary N) is 1. The fourth-order valence-electron chi connectivity index (χ4n) is 4.90. The van der Waals surface area contributed by atoms with Crippen LogP contribution in [0.25, 0.3) is 0 Å². The lowest BCUT2D eigenvalue weighted by Gasteiger charge is -2.34. The van der Waals surface area contributed by atoms with E-state index in [0.29, 0.717) is 23.4 Å². The van der Waals surface area contributed by atoms with Gasteiger partial charge in [-0.05, 0) is 79.9 Å². The van der Waals surface area contributed by atoms with Crippen molar-refractivity contribution in [3.63, 3.8) is 0 Å². The van der Waals surface area contributed by atoms with Gasteiger partial charge in [0.05, 0.1) is 17.7 Å². The molecule has 0 aromatic heterocycles. The van der Waals surface area contributed by atoms with E-state index in [9.17, 15) is 22.4 Å². The van der Waals surface area contributed by atoms with Crippen molar-refractivity contribution in [2.24, 2.45) is 0 Å². The first kappa shape index (κ1) is 34.2. The summed E-state index contributed by atoms with van der Waals surface area (Å²) in [6, 6.07) is 26.6. The second-order valence-corrected chi connectivity index (χ2v) is 13.1. The van der Waals surface area contributed by atoms with E-state index in [4.69, 9.17) is 4.74 Å². The molecular weight excluding hydrogens is 605 g/mol. The highest BCUT2D eigenvalue weighted by molar-refractivity contribution is 7.92. The molecule has 0 aliphatic rings. The number of hydrogen-bond acceptors (Lipinski definition) is 5. The normalized spacial score (nSPS) is 12.5. The van der Waals surface area contributed by atoms with Gasteiger partial charge in [0.2, 0.25) is 11.8 Å². The summed E-state index contributed by atoms with van der Waals surface area (Å²) in [5, 5.41) is 3.00. The van der Waals surface area contributed by atoms with Gasteiger partial charge in [-0.3, -0.25) is 13.9 Å². The first-order valence-corrected chi connectivity index (χ1v) is 16.6. The highest BCUT2D eigenvalue weighted by atomic mass is 32.2. The summed E-state index contributed by atoms with van der Waals surface area (Å²) < 4.78 is 48.4. The van der Waals surface area contributed by atoms with E-state index in [1.807, 2.05) is 51.1 Å². The van der Waals surface area contributed by atoms with Crippen LogP contribution < -0.4 is 14.4 Å². The minimum Gasteiger partial charge on any atom is -0.497 e. The molecule has 242 valence electrons. The minimum atomic E-state index is -4.25. The number of halogens is 1. The smallest absolute Gasteiger partial charge is 0.264 e. The SMILES string of the molecule is CC[C@H](C)NC(=O)[C@H](Cc1ccccc1)N(Cc1ccc(F)cc1)C(=O)CN(c1ccc(C)cc1)S(=O)(=O)c1ccc(OC)cc1. The fourth-order valence-corrected chi connectivity index (χ4v) is 6.31. The quantitative estimate of drug-likeness (QED) is 0.185. The van der Waals surface area contributed by atoms with Crippen molar-refractivity contribution in [2.45, 2.75) is 57.1 Å². The average Bonchev–Trinajstić information content (AvgIpc) is 3.06. The lowest BCUT2D eigenvalue weighted by Crippen LogP contribution is -2.54. The molecule has 46 heavy (non-hydrogen) atoms. The monoisotopic (exact) mass is 645 g/mol. The highest BCUT2D eigenvalue weighted by Gasteiger charge is 2.35. The second kappa shape index (κ2) is 15.5. The number of amides is 2. The number of nitrogens with zero attached hydrogens (tertiary/aromatic N) is 2. The third kappa shape index (κ3) is 8.72. The number of hydrogen-bond donors (Lipinski definition) is 1. The minimum absolute atomic E-state index is 0.0258. The molecule has 10 heteroatoms. The first-order chi connectivity index (χ1) is 22.0. The van der Waals surface area contributed by atoms with Crippen LogP contribution in [-0.4, -0.2) is 50.9 Å². The summed E-state index contributed by atoms with van der Waals surface area (Å²) in [6.45, 7) is 5.08. The van der Waals surface area contributed by atoms with E-state index in [1.165, 1.54) is 48.4 Å². The summed E-state index contributed by atoms with van der Waals surface area (Å²) in [4.78, 5) is 29.7. The summed E-state index contributed by atoms with van der Waals surface area (Å²) in [5.41, 5.74) is 2.62. The Balaban J connectivity index is 1.80. The number of carbonyl (C=O) groups is 2. The summed E-state index contributed by atoms with van der Waals surface area (Å²) in [6.07, 6.45) is 0.864. The Morgan fingerprint density at radius 2 is 1.50 bits per heavy atom. The van der Waals surface area contributed by atoms with Crippen LogP contribution in [0.1, 0.15) is 37.0 Å². The Labute approximate surface area is 270 Å². The van der Waals surface area contributed by atoms with E-state index in [0.717, 1.165) is 15.4 Å². The van der Waals surface area contributed by atoms with E-state index in [1.54, 1.807) is 36.4 Å². The van der Waals surface area contributed by atoms with Crippen molar-refractivity contribution >= 4 is 27.5 Å². The molecule has 0 unspecified atom stereocenters. The van der Waals surface area contributed by atoms with Crippen molar-refractivity contribution in [2.75, 3.05) is 18.0 Å². The van der Waals surface area contributed by atoms with Gasteiger partial charge < -0.3 is 15.0 Å². The highest BCUT2D eigenvalue weighted by Crippen LogP contribution is 2.27. The second-order valence-electron chi connectivity index (χ2n) is 11.2. The van der Waals surface area contributed by atoms with Crippen LogP contribution in [0.4, 0.5) is 10.1 Å². The van der Waals surface area contributed by atoms with Crippen LogP contribution in [0.3, 0.4) is 0 Å². The number of benzene rings is 4. The number of rotatable bonds is 14. The van der Waals surface area contributed by atoms with E-state index in [-0.39, 0.29) is 29.8 Å². The molecule has 8 nitrogen and oxygen atoms in total. The Hall–Kier alpha value is -4.70. The zero-order valence-corrected chi connectivity index (χ0v) is 27.3. The van der Waals surface area contributed by atoms with Crippen molar-refractivity contribution < 1.29 is 27.1 Å². The van der Waals surface area contributed by atoms with Crippen LogP contribution >= 0.6 is 0 Å². The van der Waals surface area contributed by atoms with Gasteiger partial charge in [0.25, 0.3) is 10.0 Å². The molecule has 1 N–H and O–H groups in total. The van der Waals surface area contributed by atoms with Gasteiger partial charge in [0.1, 0.15) is 24.2 Å². The van der Waals surface area contributed by atoms with E-state index < -0.39 is 34.3 Å². The van der Waals surface area contributed by atoms with Gasteiger partial charge in [0.15, 0.2) is 0 Å². The summed E-state index contributed by atoms with van der Waals surface area (Å²) in [7, 11) is -2.76. The number of ether oxygens (including phenoxy) is 1. The third-order valence-corrected chi connectivity index (χ3v) is 9.57. The standard InChI is InChI=1S/C36H40FN3O5S/c1-5-27(3)38-36(42)34(23-28-9-7-6-8-10-28)39(24-29-13-15-30(37)16-14-29)35(41)25-40(31-17-11-26(2)12-18-31)46(43,44)33-21-19-32(45-4)20-22-33/h6-22,27,34H,5,23-25H2,1-4H3,(H,38,42)/t27-,34-/m0/s1. The number of sulfonamides is 1. The number of carbonyl (C=O) groups excluding carboxylic acids is 2. The zero-order chi connectivity index (χ0) is 33.3. The van der Waals surface area contributed by atoms with Gasteiger partial charge in [-0.1, -0.05) is 67.1 Å². The molecule has 2 atom stereocenters. The molecule has 4 aromatic carbocycles. The predicted octanol–water partition coefficient (Wildman–Crippen LogP) is 5.89. The molecule has 0 aliphatic carbocycles. The van der Waals surface area contributed by atoms with Crippen LogP contribution in [0.15, 0.2) is 108 Å². The Morgan fingerprint density at radius 1 is 0.870 bits per heavy atom. The molecule has 0 radical (unpaired) electrons. The molecule has 0 saturated heterocycles. The van der Waals surface area contributed by atoms with Crippen LogP contribution in [0.5, 0.6) is 5.75 Å². The van der Waals surface area contributed by atoms with E-state index >= 15 is 0 Å². The van der Waals surface area contributed by atoms with Crippen molar-refractivity contribution in [1.29, 1.82) is 0 Å². The van der Waals surface area contributed by atoms with Crippen LogP contribution in [0.2, 0.25) is 0 Å². The van der Waals surface area contributed by atoms with Gasteiger partial charge in [0, 0.05) is 19.0 Å². The molecule has 0 spiro atoms. The molecule has 4 aromatic rings. The molecule has 0 bridgehead atoms. The fraction of sp³-hybridized carbons (Fsp3) is 0.278. The average molecular weight is 646 g/mol. The topological polar surface area (TPSA) is 96.0 Å². The zero-order valence-electron chi connectivity index (χ0n) is 26.5. The van der Waals surface area contributed by atoms with Crippen LogP contribution in [-0.2, 0) is 32.6 Å². The molecule has 0 aliphatic heterocycles. The number of aryl methyl sites for hydroxylation is 1. The maximum Gasteiger partial charge on any atom is 0.264 e. The van der Waals surface area contributed by atoms with Crippen molar-refractivity contribution in [3.05, 3.63) is 126 Å². The maximum absolute atomic E-state index is 14.5. The summed E-state index contributed by atoms with van der Waals surface area (Å²) in [5.74, 6) is -0.914. The third-order valence-electron chi connectivity index (χ3n) is 7.79. The number of anilines is 1. The van der Waals surface area contributed by atoms with Gasteiger partial charge in [-0.25, -0.2) is 12.8 Å². The molecule has 4 rings (SSSR count). The molecule has 2 amide bonds. The summed E-state index contributed by atoms with van der Waals surface area (Å²) >= 11 is 0. The maximum atomic E-state index is 14.5. The molecule has 0 heterocycles. The molecule has 0 saturated carbocycles. The predicted molar refractivity (Wildman–Crippen MR) is 177 cm³/mol. The number of methoxy groups -OCH3 is 1. The van der Waals surface area contributed by atoms with Gasteiger partial charge >= 0.3 is 0 Å². The van der Waals surface area contributed by atoms with Crippen LogP contribution in [0, 0.1) is 12.7 Å². The molecular formula is C36H40FN3O5S. The van der Waals surface area contributed by atoms with Crippen molar-refractivity contribution in [1.82, 2.24) is 10.2 Å². The first-order valence-electron chi connectivity index (χ1n) is 15.1. The van der Waals surface area contributed by atoms with Gasteiger partial charge in [-0.2, -0.15) is 0 Å². The Morgan fingerprint density at radius 3 is 2.09 bits per heavy atom.